The van der Waals surface area contributed by atoms with Crippen LogP contribution < -0.4 is 4.74 Å². The highest BCUT2D eigenvalue weighted by Crippen LogP contribution is 2.46. The zero-order valence-electron chi connectivity index (χ0n) is 13.5. The summed E-state index contributed by atoms with van der Waals surface area (Å²) in [5.74, 6) is 0.00718. The Bertz CT molecular complexity index is 785. The summed E-state index contributed by atoms with van der Waals surface area (Å²) in [6.45, 7) is 3.93. The normalized spacial score (nSPS) is 21.6. The van der Waals surface area contributed by atoms with Crippen LogP contribution in [0.4, 0.5) is 0 Å². The van der Waals surface area contributed by atoms with E-state index in [-0.39, 0.29) is 5.97 Å². The van der Waals surface area contributed by atoms with Gasteiger partial charge in [0.15, 0.2) is 0 Å². The first-order valence-corrected chi connectivity index (χ1v) is 9.03. The molecule has 0 N–H and O–H groups in total. The van der Waals surface area contributed by atoms with Gasteiger partial charge in [-0.1, -0.05) is 42.8 Å². The molecular formula is C19H18ClNO2S. The molecule has 0 saturated carbocycles. The number of allylic oxidation sites excluding steroid dienone is 1. The molecule has 24 heavy (non-hydrogen) atoms. The number of para-hydroxylation sites is 1. The number of halogens is 1. The Morgan fingerprint density at radius 3 is 2.71 bits per heavy atom. The summed E-state index contributed by atoms with van der Waals surface area (Å²) < 4.78 is 5.70. The number of rotatable bonds is 5. The predicted octanol–water partition coefficient (Wildman–Crippen LogP) is 5.05. The molecule has 1 aromatic heterocycles. The highest BCUT2D eigenvalue weighted by molar-refractivity contribution is 7.10. The fourth-order valence-electron chi connectivity index (χ4n) is 3.06. The summed E-state index contributed by atoms with van der Waals surface area (Å²) in [5, 5.41) is 2.37. The summed E-state index contributed by atoms with van der Waals surface area (Å²) in [6, 6.07) is 10.9. The maximum atomic E-state index is 13.3. The minimum atomic E-state index is -0.932. The van der Waals surface area contributed by atoms with Crippen LogP contribution in [0.25, 0.3) is 0 Å². The summed E-state index contributed by atoms with van der Waals surface area (Å²) >= 11 is 7.69. The van der Waals surface area contributed by atoms with Gasteiger partial charge in [-0.25, -0.2) is 0 Å². The van der Waals surface area contributed by atoms with Gasteiger partial charge in [0.05, 0.1) is 10.6 Å². The van der Waals surface area contributed by atoms with Crippen LogP contribution in [-0.4, -0.2) is 17.7 Å². The van der Waals surface area contributed by atoms with Crippen molar-refractivity contribution in [1.82, 2.24) is 0 Å². The van der Waals surface area contributed by atoms with Crippen molar-refractivity contribution in [2.75, 3.05) is 0 Å². The number of ether oxygens (including phenoxy) is 1. The van der Waals surface area contributed by atoms with Gasteiger partial charge in [-0.05, 0) is 43.0 Å². The van der Waals surface area contributed by atoms with Gasteiger partial charge in [0.25, 0.3) is 0 Å². The molecule has 1 aliphatic heterocycles. The van der Waals surface area contributed by atoms with E-state index in [4.69, 9.17) is 16.3 Å². The van der Waals surface area contributed by atoms with Crippen LogP contribution in [0.5, 0.6) is 5.75 Å². The molecule has 0 bridgehead atoms. The number of aliphatic imine (C=N–C) groups is 1. The maximum absolute atomic E-state index is 13.3. The predicted molar refractivity (Wildman–Crippen MR) is 99.4 cm³/mol. The first-order chi connectivity index (χ1) is 11.5. The Labute approximate surface area is 150 Å². The summed E-state index contributed by atoms with van der Waals surface area (Å²) in [4.78, 5) is 18.8. The van der Waals surface area contributed by atoms with Gasteiger partial charge >= 0.3 is 5.97 Å². The lowest BCUT2D eigenvalue weighted by atomic mass is 9.68. The molecule has 2 heterocycles. The molecule has 3 nitrogen and oxygen atoms in total. The van der Waals surface area contributed by atoms with Gasteiger partial charge < -0.3 is 4.74 Å². The van der Waals surface area contributed by atoms with Gasteiger partial charge in [-0.15, -0.1) is 11.3 Å². The fourth-order valence-corrected chi connectivity index (χ4v) is 4.19. The molecule has 1 aromatic carbocycles. The summed E-state index contributed by atoms with van der Waals surface area (Å²) in [7, 11) is 0. The second kappa shape index (κ2) is 6.54. The number of hydrogen-bond acceptors (Lipinski definition) is 4. The van der Waals surface area contributed by atoms with Gasteiger partial charge in [-0.2, -0.15) is 0 Å². The lowest BCUT2D eigenvalue weighted by molar-refractivity contribution is -0.142. The Kier molecular flexibility index (Phi) is 4.61. The van der Waals surface area contributed by atoms with Gasteiger partial charge in [0, 0.05) is 11.1 Å². The van der Waals surface area contributed by atoms with E-state index < -0.39 is 11.0 Å². The molecule has 2 aromatic rings. The molecule has 0 saturated heterocycles. The molecule has 2 atom stereocenters. The standard InChI is InChI=1S/C19H18ClNO2S/c1-3-19(11-7-12-21-19)18(2,16-10-6-13-24-16)17(22)23-15-9-5-4-8-14(15)20/h4-13H,3H2,1-2H3. The maximum Gasteiger partial charge on any atom is 0.325 e. The number of nitrogens with zero attached hydrogens (tertiary/aromatic N) is 1. The summed E-state index contributed by atoms with van der Waals surface area (Å²) in [5.41, 5.74) is -1.59. The van der Waals surface area contributed by atoms with E-state index in [1.807, 2.05) is 43.5 Å². The third kappa shape index (κ3) is 2.60. The van der Waals surface area contributed by atoms with Crippen molar-refractivity contribution < 1.29 is 9.53 Å². The Morgan fingerprint density at radius 2 is 2.12 bits per heavy atom. The van der Waals surface area contributed by atoms with Gasteiger partial charge in [-0.3, -0.25) is 9.79 Å². The number of thiophene rings is 1. The average Bonchev–Trinajstić information content (AvgIpc) is 3.28. The third-order valence-electron chi connectivity index (χ3n) is 4.63. The lowest BCUT2D eigenvalue weighted by Crippen LogP contribution is -2.53. The third-order valence-corrected chi connectivity index (χ3v) is 6.03. The highest BCUT2D eigenvalue weighted by Gasteiger charge is 2.55. The van der Waals surface area contributed by atoms with E-state index in [2.05, 4.69) is 4.99 Å². The molecule has 0 radical (unpaired) electrons. The van der Waals surface area contributed by atoms with E-state index in [1.54, 1.807) is 30.5 Å². The van der Waals surface area contributed by atoms with E-state index in [0.29, 0.717) is 17.2 Å². The van der Waals surface area contributed by atoms with Crippen LogP contribution in [-0.2, 0) is 10.2 Å². The topological polar surface area (TPSA) is 38.7 Å². The molecule has 0 aliphatic carbocycles. The Morgan fingerprint density at radius 1 is 1.33 bits per heavy atom. The lowest BCUT2D eigenvalue weighted by Gasteiger charge is -2.40. The Balaban J connectivity index is 2.06. The molecule has 124 valence electrons. The molecular weight excluding hydrogens is 342 g/mol. The monoisotopic (exact) mass is 359 g/mol. The second-order valence-corrected chi connectivity index (χ2v) is 7.19. The highest BCUT2D eigenvalue weighted by atomic mass is 35.5. The minimum Gasteiger partial charge on any atom is -0.424 e. The van der Waals surface area contributed by atoms with E-state index in [1.165, 1.54) is 11.3 Å². The summed E-state index contributed by atoms with van der Waals surface area (Å²) in [6.07, 6.45) is 6.31. The van der Waals surface area contributed by atoms with Crippen molar-refractivity contribution >= 4 is 35.1 Å². The molecule has 5 heteroatoms. The second-order valence-electron chi connectivity index (χ2n) is 5.84. The number of carbonyl (C=O) groups is 1. The number of carbonyl (C=O) groups excluding carboxylic acids is 1. The van der Waals surface area contributed by atoms with Crippen LogP contribution in [0.2, 0.25) is 5.02 Å². The van der Waals surface area contributed by atoms with E-state index >= 15 is 0 Å². The minimum absolute atomic E-state index is 0.358. The first kappa shape index (κ1) is 16.9. The SMILES string of the molecule is CCC1(C(C)(C(=O)Oc2ccccc2Cl)c2cccs2)C=CC=N1. The van der Waals surface area contributed by atoms with Crippen molar-refractivity contribution in [2.45, 2.75) is 31.2 Å². The van der Waals surface area contributed by atoms with Crippen LogP contribution >= 0.6 is 22.9 Å². The first-order valence-electron chi connectivity index (χ1n) is 7.77. The zero-order chi connectivity index (χ0) is 17.2. The molecule has 1 aliphatic rings. The molecule has 0 fully saturated rings. The van der Waals surface area contributed by atoms with E-state index in [9.17, 15) is 4.79 Å². The van der Waals surface area contributed by atoms with E-state index in [0.717, 1.165) is 4.88 Å². The number of esters is 1. The van der Waals surface area contributed by atoms with Crippen molar-refractivity contribution in [3.63, 3.8) is 0 Å². The molecule has 2 unspecified atom stereocenters. The van der Waals surface area contributed by atoms with Crippen molar-refractivity contribution in [1.29, 1.82) is 0 Å². The van der Waals surface area contributed by atoms with Gasteiger partial charge in [0.2, 0.25) is 0 Å². The molecule has 0 amide bonds. The largest absolute Gasteiger partial charge is 0.424 e. The quantitative estimate of drug-likeness (QED) is 0.553. The van der Waals surface area contributed by atoms with Crippen molar-refractivity contribution in [2.24, 2.45) is 4.99 Å². The number of benzene rings is 1. The van der Waals surface area contributed by atoms with Crippen LogP contribution in [0, 0.1) is 0 Å². The van der Waals surface area contributed by atoms with Gasteiger partial charge in [0.1, 0.15) is 11.2 Å². The van der Waals surface area contributed by atoms with Crippen LogP contribution in [0.3, 0.4) is 0 Å². The van der Waals surface area contributed by atoms with Crippen LogP contribution in [0.15, 0.2) is 58.9 Å². The molecule has 0 spiro atoms. The number of hydrogen-bond donors (Lipinski definition) is 0. The Hall–Kier alpha value is -1.91. The average molecular weight is 360 g/mol. The van der Waals surface area contributed by atoms with Crippen molar-refractivity contribution in [3.8, 4) is 5.75 Å². The fraction of sp³-hybridized carbons (Fsp3) is 0.263. The zero-order valence-corrected chi connectivity index (χ0v) is 15.1. The smallest absolute Gasteiger partial charge is 0.325 e. The van der Waals surface area contributed by atoms with Crippen LogP contribution in [0.1, 0.15) is 25.1 Å². The van der Waals surface area contributed by atoms with Crippen molar-refractivity contribution in [3.05, 3.63) is 63.8 Å². The molecule has 3 rings (SSSR count).